The fourth-order valence-corrected chi connectivity index (χ4v) is 1.66. The van der Waals surface area contributed by atoms with Crippen LogP contribution in [0.15, 0.2) is 12.1 Å². The van der Waals surface area contributed by atoms with Crippen LogP contribution in [0.5, 0.6) is 0 Å². The number of hydrogen-bond donors (Lipinski definition) is 1. The molecule has 0 aromatic heterocycles. The molecule has 0 aliphatic rings. The van der Waals surface area contributed by atoms with Gasteiger partial charge in [-0.15, -0.1) is 0 Å². The Morgan fingerprint density at radius 1 is 1.38 bits per heavy atom. The highest BCUT2D eigenvalue weighted by molar-refractivity contribution is 5.89. The molecule has 0 saturated carbocycles. The van der Waals surface area contributed by atoms with E-state index in [0.717, 1.165) is 23.2 Å². The van der Waals surface area contributed by atoms with Gasteiger partial charge in [0.1, 0.15) is 0 Å². The van der Waals surface area contributed by atoms with Gasteiger partial charge < -0.3 is 5.32 Å². The largest absolute Gasteiger partial charge is 0.326 e. The van der Waals surface area contributed by atoms with E-state index < -0.39 is 0 Å². The van der Waals surface area contributed by atoms with Gasteiger partial charge in [-0.05, 0) is 43.0 Å². The Morgan fingerprint density at radius 2 is 2.06 bits per heavy atom. The van der Waals surface area contributed by atoms with Crippen LogP contribution in [0, 0.1) is 25.2 Å². The van der Waals surface area contributed by atoms with Gasteiger partial charge in [-0.25, -0.2) is 0 Å². The Labute approximate surface area is 96.1 Å². The zero-order valence-corrected chi connectivity index (χ0v) is 9.92. The summed E-state index contributed by atoms with van der Waals surface area (Å²) >= 11 is 0. The van der Waals surface area contributed by atoms with Gasteiger partial charge in [-0.3, -0.25) is 4.79 Å². The molecule has 1 amide bonds. The first-order valence-corrected chi connectivity index (χ1v) is 5.29. The first kappa shape index (κ1) is 12.3. The SMILES string of the molecule is CC(=O)Nc1cc(C)c(CCC#N)cc1C. The van der Waals surface area contributed by atoms with Crippen molar-refractivity contribution in [2.75, 3.05) is 5.32 Å². The fourth-order valence-electron chi connectivity index (χ4n) is 1.66. The van der Waals surface area contributed by atoms with Crippen LogP contribution < -0.4 is 5.32 Å². The number of nitriles is 1. The van der Waals surface area contributed by atoms with E-state index in [1.807, 2.05) is 26.0 Å². The second-order valence-corrected chi connectivity index (χ2v) is 3.93. The minimum Gasteiger partial charge on any atom is -0.326 e. The summed E-state index contributed by atoms with van der Waals surface area (Å²) in [5.41, 5.74) is 4.18. The number of nitrogens with one attached hydrogen (secondary N) is 1. The third-order valence-electron chi connectivity index (χ3n) is 2.50. The van der Waals surface area contributed by atoms with Crippen LogP contribution in [0.2, 0.25) is 0 Å². The average Bonchev–Trinajstić information content (AvgIpc) is 2.20. The maximum absolute atomic E-state index is 11.0. The number of benzene rings is 1. The van der Waals surface area contributed by atoms with Crippen molar-refractivity contribution >= 4 is 11.6 Å². The predicted molar refractivity (Wildman–Crippen MR) is 64.2 cm³/mol. The van der Waals surface area contributed by atoms with Gasteiger partial charge in [0, 0.05) is 19.0 Å². The van der Waals surface area contributed by atoms with Crippen molar-refractivity contribution < 1.29 is 4.79 Å². The molecule has 16 heavy (non-hydrogen) atoms. The molecule has 0 spiro atoms. The summed E-state index contributed by atoms with van der Waals surface area (Å²) in [7, 11) is 0. The van der Waals surface area contributed by atoms with Crippen LogP contribution in [-0.2, 0) is 11.2 Å². The topological polar surface area (TPSA) is 52.9 Å². The number of amides is 1. The lowest BCUT2D eigenvalue weighted by molar-refractivity contribution is -0.114. The van der Waals surface area contributed by atoms with Gasteiger partial charge >= 0.3 is 0 Å². The summed E-state index contributed by atoms with van der Waals surface area (Å²) in [6.07, 6.45) is 1.29. The number of carbonyl (C=O) groups is 1. The molecular formula is C13H16N2O. The smallest absolute Gasteiger partial charge is 0.221 e. The molecule has 0 aliphatic carbocycles. The van der Waals surface area contributed by atoms with Gasteiger partial charge in [-0.1, -0.05) is 6.07 Å². The summed E-state index contributed by atoms with van der Waals surface area (Å²) in [6.45, 7) is 5.45. The van der Waals surface area contributed by atoms with E-state index >= 15 is 0 Å². The zero-order valence-electron chi connectivity index (χ0n) is 9.92. The molecule has 0 unspecified atom stereocenters. The van der Waals surface area contributed by atoms with Crippen molar-refractivity contribution in [3.63, 3.8) is 0 Å². The summed E-state index contributed by atoms with van der Waals surface area (Å²) in [5.74, 6) is -0.0627. The summed E-state index contributed by atoms with van der Waals surface area (Å²) < 4.78 is 0. The van der Waals surface area contributed by atoms with E-state index in [1.165, 1.54) is 12.5 Å². The van der Waals surface area contributed by atoms with Crippen LogP contribution in [0.3, 0.4) is 0 Å². The zero-order chi connectivity index (χ0) is 12.1. The summed E-state index contributed by atoms with van der Waals surface area (Å²) in [5, 5.41) is 11.3. The van der Waals surface area contributed by atoms with Crippen molar-refractivity contribution in [3.8, 4) is 6.07 Å². The van der Waals surface area contributed by atoms with Crippen LogP contribution in [0.25, 0.3) is 0 Å². The third-order valence-corrected chi connectivity index (χ3v) is 2.50. The highest BCUT2D eigenvalue weighted by Crippen LogP contribution is 2.21. The molecule has 0 atom stereocenters. The van der Waals surface area contributed by atoms with E-state index in [0.29, 0.717) is 6.42 Å². The van der Waals surface area contributed by atoms with E-state index in [9.17, 15) is 4.79 Å². The predicted octanol–water partition coefficient (Wildman–Crippen LogP) is 2.72. The molecule has 0 saturated heterocycles. The number of nitrogens with zero attached hydrogens (tertiary/aromatic N) is 1. The van der Waals surface area contributed by atoms with Crippen molar-refractivity contribution in [1.29, 1.82) is 5.26 Å². The normalized spacial score (nSPS) is 9.62. The molecule has 1 aromatic carbocycles. The molecule has 84 valence electrons. The van der Waals surface area contributed by atoms with Crippen molar-refractivity contribution in [2.24, 2.45) is 0 Å². The number of carbonyl (C=O) groups excluding carboxylic acids is 1. The van der Waals surface area contributed by atoms with E-state index in [1.54, 1.807) is 0 Å². The Bertz CT molecular complexity index is 444. The van der Waals surface area contributed by atoms with Crippen molar-refractivity contribution in [1.82, 2.24) is 0 Å². The van der Waals surface area contributed by atoms with Crippen LogP contribution >= 0.6 is 0 Å². The van der Waals surface area contributed by atoms with E-state index in [4.69, 9.17) is 5.26 Å². The second-order valence-electron chi connectivity index (χ2n) is 3.93. The maximum atomic E-state index is 11.0. The third kappa shape index (κ3) is 3.09. The standard InChI is InChI=1S/C13H16N2O/c1-9-8-13(15-11(3)16)10(2)7-12(9)5-4-6-14/h7-8H,4-5H2,1-3H3,(H,15,16). The van der Waals surface area contributed by atoms with Gasteiger partial charge in [0.2, 0.25) is 5.91 Å². The summed E-state index contributed by atoms with van der Waals surface area (Å²) in [4.78, 5) is 11.0. The molecular weight excluding hydrogens is 200 g/mol. The summed E-state index contributed by atoms with van der Waals surface area (Å²) in [6, 6.07) is 6.14. The van der Waals surface area contributed by atoms with E-state index in [2.05, 4.69) is 11.4 Å². The van der Waals surface area contributed by atoms with Crippen LogP contribution in [0.1, 0.15) is 30.0 Å². The Balaban J connectivity index is 2.98. The van der Waals surface area contributed by atoms with Crippen LogP contribution in [-0.4, -0.2) is 5.91 Å². The molecule has 3 heteroatoms. The first-order valence-electron chi connectivity index (χ1n) is 5.29. The lowest BCUT2D eigenvalue weighted by Crippen LogP contribution is -2.08. The van der Waals surface area contributed by atoms with E-state index in [-0.39, 0.29) is 5.91 Å². The first-order chi connectivity index (χ1) is 7.54. The molecule has 3 nitrogen and oxygen atoms in total. The van der Waals surface area contributed by atoms with Crippen LogP contribution in [0.4, 0.5) is 5.69 Å². The highest BCUT2D eigenvalue weighted by atomic mass is 16.1. The molecule has 1 aromatic rings. The number of anilines is 1. The Morgan fingerprint density at radius 3 is 2.62 bits per heavy atom. The molecule has 1 rings (SSSR count). The molecule has 0 bridgehead atoms. The van der Waals surface area contributed by atoms with Crippen molar-refractivity contribution in [3.05, 3.63) is 28.8 Å². The number of hydrogen-bond acceptors (Lipinski definition) is 2. The molecule has 0 radical (unpaired) electrons. The maximum Gasteiger partial charge on any atom is 0.221 e. The Hall–Kier alpha value is -1.82. The monoisotopic (exact) mass is 216 g/mol. The van der Waals surface area contributed by atoms with Crippen molar-refractivity contribution in [2.45, 2.75) is 33.6 Å². The fraction of sp³-hybridized carbons (Fsp3) is 0.385. The van der Waals surface area contributed by atoms with Gasteiger partial charge in [0.25, 0.3) is 0 Å². The second kappa shape index (κ2) is 5.32. The minimum atomic E-state index is -0.0627. The lowest BCUT2D eigenvalue weighted by atomic mass is 10.00. The molecule has 1 N–H and O–H groups in total. The minimum absolute atomic E-state index is 0.0627. The van der Waals surface area contributed by atoms with Gasteiger partial charge in [-0.2, -0.15) is 5.26 Å². The van der Waals surface area contributed by atoms with Gasteiger partial charge in [0.15, 0.2) is 0 Å². The molecule has 0 heterocycles. The highest BCUT2D eigenvalue weighted by Gasteiger charge is 2.05. The molecule has 0 fully saturated rings. The number of rotatable bonds is 3. The number of aryl methyl sites for hydroxylation is 3. The quantitative estimate of drug-likeness (QED) is 0.844. The average molecular weight is 216 g/mol. The Kier molecular flexibility index (Phi) is 4.07. The van der Waals surface area contributed by atoms with Gasteiger partial charge in [0.05, 0.1) is 6.07 Å². The lowest BCUT2D eigenvalue weighted by Gasteiger charge is -2.11. The molecule has 0 aliphatic heterocycles.